The van der Waals surface area contributed by atoms with E-state index in [9.17, 15) is 13.2 Å². The lowest BCUT2D eigenvalue weighted by molar-refractivity contribution is 0.132. The Morgan fingerprint density at radius 3 is 2.77 bits per heavy atom. The third-order valence-corrected chi connectivity index (χ3v) is 10.1. The van der Waals surface area contributed by atoms with Gasteiger partial charge in [-0.3, -0.25) is 5.32 Å². The standard InChI is InChI=1S/C20H21N5O3S3/c1-2-14-3-4-15-12-18(30-17(15)11-14)31(27,28)24-9-7-23(8-10-24)20(26)25-6-5-16-19(22-25)29-13-21-16/h1,3-4,11-12,16,21H,5-10,13H2. The molecule has 2 aromatic rings. The Kier molecular flexibility index (Phi) is 5.44. The molecule has 0 aliphatic carbocycles. The molecule has 2 amide bonds. The van der Waals surface area contributed by atoms with Crippen LogP contribution < -0.4 is 5.32 Å². The van der Waals surface area contributed by atoms with E-state index in [0.717, 1.165) is 33.0 Å². The fraction of sp³-hybridized carbons (Fsp3) is 0.400. The van der Waals surface area contributed by atoms with Gasteiger partial charge in [-0.15, -0.1) is 17.8 Å². The predicted molar refractivity (Wildman–Crippen MR) is 124 cm³/mol. The number of nitrogens with one attached hydrogen (secondary N) is 1. The van der Waals surface area contributed by atoms with Gasteiger partial charge in [0.1, 0.15) is 9.25 Å². The first-order valence-corrected chi connectivity index (χ1v) is 13.2. The maximum atomic E-state index is 13.2. The fourth-order valence-electron chi connectivity index (χ4n) is 3.92. The summed E-state index contributed by atoms with van der Waals surface area (Å²) in [5.74, 6) is 3.40. The van der Waals surface area contributed by atoms with E-state index in [4.69, 9.17) is 6.42 Å². The molecule has 3 aliphatic rings. The number of hydrogen-bond donors (Lipinski definition) is 1. The number of urea groups is 1. The van der Waals surface area contributed by atoms with E-state index < -0.39 is 10.0 Å². The number of fused-ring (bicyclic) bond motifs is 2. The van der Waals surface area contributed by atoms with Crippen LogP contribution in [0.2, 0.25) is 0 Å². The zero-order valence-corrected chi connectivity index (χ0v) is 19.1. The lowest BCUT2D eigenvalue weighted by Crippen LogP contribution is -2.54. The molecule has 31 heavy (non-hydrogen) atoms. The number of piperazine rings is 1. The number of hydrazone groups is 1. The topological polar surface area (TPSA) is 85.3 Å². The Bertz CT molecular complexity index is 1210. The van der Waals surface area contributed by atoms with Crippen molar-refractivity contribution in [2.24, 2.45) is 5.10 Å². The lowest BCUT2D eigenvalue weighted by atomic mass is 10.2. The van der Waals surface area contributed by atoms with Gasteiger partial charge in [-0.25, -0.2) is 18.2 Å². The maximum absolute atomic E-state index is 13.2. The molecule has 0 radical (unpaired) electrons. The molecule has 2 saturated heterocycles. The highest BCUT2D eigenvalue weighted by atomic mass is 32.2. The van der Waals surface area contributed by atoms with Crippen molar-refractivity contribution in [3.63, 3.8) is 0 Å². The van der Waals surface area contributed by atoms with Crippen LogP contribution in [0.3, 0.4) is 0 Å². The third kappa shape index (κ3) is 3.83. The van der Waals surface area contributed by atoms with Gasteiger partial charge >= 0.3 is 6.03 Å². The summed E-state index contributed by atoms with van der Waals surface area (Å²) in [6.45, 7) is 1.80. The number of thioether (sulfide) groups is 1. The van der Waals surface area contributed by atoms with Crippen LogP contribution in [0.1, 0.15) is 12.0 Å². The molecule has 1 aromatic heterocycles. The molecule has 0 saturated carbocycles. The number of sulfonamides is 1. The fourth-order valence-corrected chi connectivity index (χ4v) is 7.93. The molecule has 1 unspecified atom stereocenters. The quantitative estimate of drug-likeness (QED) is 0.672. The number of carbonyl (C=O) groups is 1. The predicted octanol–water partition coefficient (Wildman–Crippen LogP) is 1.99. The van der Waals surface area contributed by atoms with Gasteiger partial charge in [0.15, 0.2) is 0 Å². The monoisotopic (exact) mass is 475 g/mol. The van der Waals surface area contributed by atoms with Crippen molar-refractivity contribution in [1.29, 1.82) is 0 Å². The number of amides is 2. The Morgan fingerprint density at radius 1 is 1.19 bits per heavy atom. The minimum absolute atomic E-state index is 0.154. The van der Waals surface area contributed by atoms with Crippen molar-refractivity contribution >= 4 is 54.3 Å². The Balaban J connectivity index is 1.27. The molecule has 0 bridgehead atoms. The summed E-state index contributed by atoms with van der Waals surface area (Å²) < 4.78 is 28.9. The summed E-state index contributed by atoms with van der Waals surface area (Å²) in [4.78, 5) is 14.6. The first-order chi connectivity index (χ1) is 15.0. The zero-order chi connectivity index (χ0) is 21.6. The van der Waals surface area contributed by atoms with Gasteiger partial charge in [0.2, 0.25) is 0 Å². The van der Waals surface area contributed by atoms with Crippen LogP contribution in [0.15, 0.2) is 33.6 Å². The molecular weight excluding hydrogens is 454 g/mol. The third-order valence-electron chi connectivity index (χ3n) is 5.68. The Hall–Kier alpha value is -2.10. The molecule has 8 nitrogen and oxygen atoms in total. The van der Waals surface area contributed by atoms with Crippen molar-refractivity contribution in [2.45, 2.75) is 16.7 Å². The van der Waals surface area contributed by atoms with Crippen LogP contribution >= 0.6 is 23.1 Å². The first kappa shape index (κ1) is 20.8. The van der Waals surface area contributed by atoms with Gasteiger partial charge in [-0.05, 0) is 30.0 Å². The summed E-state index contributed by atoms with van der Waals surface area (Å²) in [6, 6.07) is 7.29. The highest BCUT2D eigenvalue weighted by Gasteiger charge is 2.35. The van der Waals surface area contributed by atoms with Crippen molar-refractivity contribution in [3.8, 4) is 12.3 Å². The minimum atomic E-state index is -3.62. The van der Waals surface area contributed by atoms with Crippen molar-refractivity contribution in [2.75, 3.05) is 38.6 Å². The molecule has 1 atom stereocenters. The van der Waals surface area contributed by atoms with Crippen LogP contribution in [0.4, 0.5) is 4.79 Å². The van der Waals surface area contributed by atoms with Gasteiger partial charge in [0.25, 0.3) is 10.0 Å². The van der Waals surface area contributed by atoms with E-state index in [1.165, 1.54) is 20.7 Å². The number of benzene rings is 1. The first-order valence-electron chi connectivity index (χ1n) is 9.97. The van der Waals surface area contributed by atoms with Gasteiger partial charge < -0.3 is 4.90 Å². The number of hydrogen-bond acceptors (Lipinski definition) is 7. The number of carbonyl (C=O) groups excluding carboxylic acids is 1. The average molecular weight is 476 g/mol. The minimum Gasteiger partial charge on any atom is -0.321 e. The molecule has 5 rings (SSSR count). The molecule has 1 aromatic carbocycles. The van der Waals surface area contributed by atoms with Gasteiger partial charge in [-0.1, -0.05) is 23.7 Å². The average Bonchev–Trinajstić information content (AvgIpc) is 3.44. The van der Waals surface area contributed by atoms with Crippen molar-refractivity contribution in [1.82, 2.24) is 19.5 Å². The number of terminal acetylenes is 1. The van der Waals surface area contributed by atoms with Crippen LogP contribution in [-0.4, -0.2) is 78.3 Å². The second-order valence-electron chi connectivity index (χ2n) is 7.53. The summed E-state index contributed by atoms with van der Waals surface area (Å²) in [7, 11) is -3.62. The SMILES string of the molecule is C#Cc1ccc2cc(S(=O)(=O)N3CCN(C(=O)N4CCC5NCSC5=N4)CC3)sc2c1. The summed E-state index contributed by atoms with van der Waals surface area (Å²) in [6.07, 6.45) is 6.29. The molecule has 11 heteroatoms. The van der Waals surface area contributed by atoms with E-state index in [0.29, 0.717) is 23.8 Å². The molecule has 3 aliphatic heterocycles. The lowest BCUT2D eigenvalue weighted by Gasteiger charge is -2.36. The van der Waals surface area contributed by atoms with E-state index in [-0.39, 0.29) is 25.2 Å². The van der Waals surface area contributed by atoms with Crippen LogP contribution in [0.5, 0.6) is 0 Å². The molecular formula is C20H21N5O3S3. The molecule has 4 heterocycles. The van der Waals surface area contributed by atoms with Gasteiger partial charge in [-0.2, -0.15) is 9.41 Å². The normalized spacial score (nSPS) is 22.3. The molecule has 0 spiro atoms. The smallest absolute Gasteiger partial charge is 0.321 e. The Labute approximate surface area is 189 Å². The van der Waals surface area contributed by atoms with E-state index in [2.05, 4.69) is 16.3 Å². The van der Waals surface area contributed by atoms with Gasteiger partial charge in [0, 0.05) is 48.9 Å². The molecule has 162 valence electrons. The molecule has 2 fully saturated rings. The highest BCUT2D eigenvalue weighted by molar-refractivity contribution is 8.14. The number of thiophene rings is 1. The number of rotatable bonds is 2. The van der Waals surface area contributed by atoms with Crippen LogP contribution in [0.25, 0.3) is 10.1 Å². The maximum Gasteiger partial charge on any atom is 0.340 e. The van der Waals surface area contributed by atoms with Gasteiger partial charge in [0.05, 0.1) is 6.04 Å². The van der Waals surface area contributed by atoms with E-state index in [1.54, 1.807) is 22.7 Å². The summed E-state index contributed by atoms with van der Waals surface area (Å²) in [5, 5.41) is 11.2. The van der Waals surface area contributed by atoms with Crippen LogP contribution in [0, 0.1) is 12.3 Å². The Morgan fingerprint density at radius 2 is 2.00 bits per heavy atom. The second kappa shape index (κ2) is 8.11. The summed E-state index contributed by atoms with van der Waals surface area (Å²) in [5.41, 5.74) is 0.727. The van der Waals surface area contributed by atoms with Crippen molar-refractivity contribution < 1.29 is 13.2 Å². The zero-order valence-electron chi connectivity index (χ0n) is 16.7. The number of nitrogens with zero attached hydrogens (tertiary/aromatic N) is 4. The highest BCUT2D eigenvalue weighted by Crippen LogP contribution is 2.32. The van der Waals surface area contributed by atoms with Crippen LogP contribution in [-0.2, 0) is 10.0 Å². The largest absolute Gasteiger partial charge is 0.340 e. The van der Waals surface area contributed by atoms with Crippen molar-refractivity contribution in [3.05, 3.63) is 29.8 Å². The van der Waals surface area contributed by atoms with E-state index >= 15 is 0 Å². The second-order valence-corrected chi connectivity index (χ2v) is 11.8. The summed E-state index contributed by atoms with van der Waals surface area (Å²) >= 11 is 2.85. The molecule has 1 N–H and O–H groups in total. The van der Waals surface area contributed by atoms with E-state index in [1.807, 2.05) is 18.2 Å².